The van der Waals surface area contributed by atoms with Crippen LogP contribution < -0.4 is 5.32 Å². The molecule has 24 heavy (non-hydrogen) atoms. The van der Waals surface area contributed by atoms with Gasteiger partial charge in [0.15, 0.2) is 9.84 Å². The second-order valence-electron chi connectivity index (χ2n) is 5.73. The maximum absolute atomic E-state index is 12.4. The SMILES string of the molecule is O=C(Nc1ccc(S(=O)(=O)CC2CCOC2)cc1)c1cccnc1. The molecule has 0 bridgehead atoms. The van der Waals surface area contributed by atoms with E-state index in [1.807, 2.05) is 0 Å². The second-order valence-corrected chi connectivity index (χ2v) is 7.77. The smallest absolute Gasteiger partial charge is 0.257 e. The first-order chi connectivity index (χ1) is 11.5. The summed E-state index contributed by atoms with van der Waals surface area (Å²) in [5.41, 5.74) is 0.974. The van der Waals surface area contributed by atoms with E-state index in [-0.39, 0.29) is 22.5 Å². The standard InChI is InChI=1S/C17H18N2O4S/c20-17(14-2-1-8-18-10-14)19-15-3-5-16(6-4-15)24(21,22)12-13-7-9-23-11-13/h1-6,8,10,13H,7,9,11-12H2,(H,19,20). The van der Waals surface area contributed by atoms with Crippen molar-refractivity contribution >= 4 is 21.4 Å². The quantitative estimate of drug-likeness (QED) is 0.896. The van der Waals surface area contributed by atoms with Gasteiger partial charge in [-0.3, -0.25) is 9.78 Å². The highest BCUT2D eigenvalue weighted by Gasteiger charge is 2.24. The Kier molecular flexibility index (Phi) is 4.92. The number of nitrogens with zero attached hydrogens (tertiary/aromatic N) is 1. The van der Waals surface area contributed by atoms with Gasteiger partial charge < -0.3 is 10.1 Å². The van der Waals surface area contributed by atoms with Crippen LogP contribution in [0.3, 0.4) is 0 Å². The van der Waals surface area contributed by atoms with Gasteiger partial charge in [-0.1, -0.05) is 0 Å². The highest BCUT2D eigenvalue weighted by Crippen LogP contribution is 2.21. The summed E-state index contributed by atoms with van der Waals surface area (Å²) in [5.74, 6) is -0.143. The van der Waals surface area contributed by atoms with Crippen LogP contribution in [0.5, 0.6) is 0 Å². The van der Waals surface area contributed by atoms with Gasteiger partial charge in [-0.05, 0) is 48.7 Å². The fourth-order valence-electron chi connectivity index (χ4n) is 2.57. The van der Waals surface area contributed by atoms with Crippen molar-refractivity contribution in [3.63, 3.8) is 0 Å². The third kappa shape index (κ3) is 3.98. The lowest BCUT2D eigenvalue weighted by atomic mass is 10.2. The lowest BCUT2D eigenvalue weighted by Gasteiger charge is -2.10. The first-order valence-electron chi connectivity index (χ1n) is 7.66. The summed E-state index contributed by atoms with van der Waals surface area (Å²) in [6.07, 6.45) is 3.84. The van der Waals surface area contributed by atoms with E-state index in [1.54, 1.807) is 30.5 Å². The topological polar surface area (TPSA) is 85.4 Å². The molecule has 0 spiro atoms. The second kappa shape index (κ2) is 7.11. The van der Waals surface area contributed by atoms with Crippen LogP contribution in [0.2, 0.25) is 0 Å². The van der Waals surface area contributed by atoms with E-state index in [1.165, 1.54) is 18.3 Å². The van der Waals surface area contributed by atoms with Gasteiger partial charge >= 0.3 is 0 Å². The van der Waals surface area contributed by atoms with Gasteiger partial charge in [-0.15, -0.1) is 0 Å². The van der Waals surface area contributed by atoms with Crippen LogP contribution in [0.4, 0.5) is 5.69 Å². The Morgan fingerprint density at radius 1 is 1.25 bits per heavy atom. The van der Waals surface area contributed by atoms with Crippen LogP contribution in [0.15, 0.2) is 53.7 Å². The van der Waals surface area contributed by atoms with E-state index in [2.05, 4.69) is 10.3 Å². The maximum atomic E-state index is 12.4. The van der Waals surface area contributed by atoms with Crippen molar-refractivity contribution in [2.24, 2.45) is 5.92 Å². The Morgan fingerprint density at radius 2 is 2.04 bits per heavy atom. The minimum absolute atomic E-state index is 0.0555. The van der Waals surface area contributed by atoms with Crippen LogP contribution in [-0.4, -0.2) is 38.3 Å². The van der Waals surface area contributed by atoms with E-state index >= 15 is 0 Å². The number of pyridine rings is 1. The molecule has 2 heterocycles. The number of amides is 1. The summed E-state index contributed by atoms with van der Waals surface area (Å²) in [6, 6.07) is 9.55. The molecule has 1 aliphatic heterocycles. The number of carbonyl (C=O) groups excluding carboxylic acids is 1. The molecule has 1 aromatic carbocycles. The first-order valence-corrected chi connectivity index (χ1v) is 9.32. The van der Waals surface area contributed by atoms with Crippen molar-refractivity contribution in [3.05, 3.63) is 54.4 Å². The zero-order valence-electron chi connectivity index (χ0n) is 13.0. The molecule has 126 valence electrons. The number of benzene rings is 1. The molecule has 1 unspecified atom stereocenters. The van der Waals surface area contributed by atoms with Crippen molar-refractivity contribution in [1.82, 2.24) is 4.98 Å². The molecule has 1 aromatic heterocycles. The van der Waals surface area contributed by atoms with E-state index in [9.17, 15) is 13.2 Å². The maximum Gasteiger partial charge on any atom is 0.257 e. The molecule has 0 radical (unpaired) electrons. The number of aromatic nitrogens is 1. The van der Waals surface area contributed by atoms with Gasteiger partial charge in [0, 0.05) is 24.7 Å². The molecule has 2 aromatic rings. The predicted molar refractivity (Wildman–Crippen MR) is 89.6 cm³/mol. The molecule has 1 saturated heterocycles. The minimum atomic E-state index is -3.34. The predicted octanol–water partition coefficient (Wildman–Crippen LogP) is 2.14. The molecular formula is C17H18N2O4S. The third-order valence-electron chi connectivity index (χ3n) is 3.87. The summed E-state index contributed by atoms with van der Waals surface area (Å²) < 4.78 is 30.0. The van der Waals surface area contributed by atoms with Crippen LogP contribution >= 0.6 is 0 Å². The van der Waals surface area contributed by atoms with Gasteiger partial charge in [-0.2, -0.15) is 0 Å². The Balaban J connectivity index is 1.67. The molecule has 1 amide bonds. The van der Waals surface area contributed by atoms with Crippen LogP contribution in [0.25, 0.3) is 0 Å². The molecule has 0 saturated carbocycles. The monoisotopic (exact) mass is 346 g/mol. The van der Waals surface area contributed by atoms with Crippen LogP contribution in [-0.2, 0) is 14.6 Å². The third-order valence-corrected chi connectivity index (χ3v) is 5.77. The van der Waals surface area contributed by atoms with Gasteiger partial charge in [0.2, 0.25) is 0 Å². The average Bonchev–Trinajstić information content (AvgIpc) is 3.08. The number of hydrogen-bond acceptors (Lipinski definition) is 5. The Bertz CT molecular complexity index is 798. The average molecular weight is 346 g/mol. The van der Waals surface area contributed by atoms with Gasteiger partial charge in [0.05, 0.1) is 22.8 Å². The molecule has 7 heteroatoms. The van der Waals surface area contributed by atoms with Gasteiger partial charge in [-0.25, -0.2) is 8.42 Å². The van der Waals surface area contributed by atoms with Crippen LogP contribution in [0, 0.1) is 5.92 Å². The number of hydrogen-bond donors (Lipinski definition) is 1. The fourth-order valence-corrected chi connectivity index (χ4v) is 4.19. The highest BCUT2D eigenvalue weighted by atomic mass is 32.2. The number of rotatable bonds is 5. The minimum Gasteiger partial charge on any atom is -0.381 e. The number of sulfone groups is 1. The van der Waals surface area contributed by atoms with Gasteiger partial charge in [0.1, 0.15) is 0 Å². The zero-order valence-corrected chi connectivity index (χ0v) is 13.8. The number of nitrogens with one attached hydrogen (secondary N) is 1. The normalized spacial score (nSPS) is 17.6. The van der Waals surface area contributed by atoms with Crippen molar-refractivity contribution in [2.45, 2.75) is 11.3 Å². The Morgan fingerprint density at radius 3 is 2.67 bits per heavy atom. The summed E-state index contributed by atoms with van der Waals surface area (Å²) in [5, 5.41) is 2.72. The number of carbonyl (C=O) groups is 1. The zero-order chi connectivity index (χ0) is 17.0. The van der Waals surface area contributed by atoms with Crippen molar-refractivity contribution < 1.29 is 17.9 Å². The van der Waals surface area contributed by atoms with Crippen LogP contribution in [0.1, 0.15) is 16.8 Å². The molecule has 3 rings (SSSR count). The summed E-state index contributed by atoms with van der Waals surface area (Å²) in [7, 11) is -3.34. The van der Waals surface area contributed by atoms with Crippen molar-refractivity contribution in [1.29, 1.82) is 0 Å². The lowest BCUT2D eigenvalue weighted by molar-refractivity contribution is 0.102. The summed E-state index contributed by atoms with van der Waals surface area (Å²) >= 11 is 0. The fraction of sp³-hybridized carbons (Fsp3) is 0.294. The number of ether oxygens (including phenoxy) is 1. The van der Waals surface area contributed by atoms with E-state index in [0.29, 0.717) is 24.5 Å². The molecule has 1 atom stereocenters. The number of anilines is 1. The largest absolute Gasteiger partial charge is 0.381 e. The van der Waals surface area contributed by atoms with Gasteiger partial charge in [0.25, 0.3) is 5.91 Å². The van der Waals surface area contributed by atoms with E-state index in [4.69, 9.17) is 4.74 Å². The Hall–Kier alpha value is -2.25. The van der Waals surface area contributed by atoms with Crippen molar-refractivity contribution in [2.75, 3.05) is 24.3 Å². The van der Waals surface area contributed by atoms with E-state index < -0.39 is 9.84 Å². The first kappa shape index (κ1) is 16.6. The highest BCUT2D eigenvalue weighted by molar-refractivity contribution is 7.91. The molecule has 1 N–H and O–H groups in total. The van der Waals surface area contributed by atoms with Crippen molar-refractivity contribution in [3.8, 4) is 0 Å². The molecule has 1 fully saturated rings. The molecule has 0 aliphatic carbocycles. The molecule has 6 nitrogen and oxygen atoms in total. The Labute approximate surface area is 140 Å². The molecule has 1 aliphatic rings. The summed E-state index contributed by atoms with van der Waals surface area (Å²) in [6.45, 7) is 1.12. The summed E-state index contributed by atoms with van der Waals surface area (Å²) in [4.78, 5) is 16.2. The van der Waals surface area contributed by atoms with E-state index in [0.717, 1.165) is 6.42 Å². The molecular weight excluding hydrogens is 328 g/mol. The lowest BCUT2D eigenvalue weighted by Crippen LogP contribution is -2.16.